The average molecular weight is 280 g/mol. The molecule has 0 radical (unpaired) electrons. The summed E-state index contributed by atoms with van der Waals surface area (Å²) in [5, 5.41) is 0. The summed E-state index contributed by atoms with van der Waals surface area (Å²) in [6, 6.07) is 0. The first kappa shape index (κ1) is 21.4. The maximum absolute atomic E-state index is 4.55. The molecule has 0 aromatic heterocycles. The molecule has 0 spiro atoms. The van der Waals surface area contributed by atoms with E-state index < -0.39 is 0 Å². The molecule has 0 amide bonds. The van der Waals surface area contributed by atoms with E-state index in [9.17, 15) is 0 Å². The molecule has 0 aromatic rings. The minimum Gasteiger partial charge on any atom is -0.266 e. The van der Waals surface area contributed by atoms with Gasteiger partial charge in [-0.3, -0.25) is 4.99 Å². The van der Waals surface area contributed by atoms with Crippen LogP contribution >= 0.6 is 0 Å². The fourth-order valence-electron chi connectivity index (χ4n) is 2.07. The monoisotopic (exact) mass is 279 g/mol. The van der Waals surface area contributed by atoms with E-state index in [0.29, 0.717) is 5.92 Å². The molecule has 0 saturated heterocycles. The highest BCUT2D eigenvalue weighted by Gasteiger charge is 2.19. The summed E-state index contributed by atoms with van der Waals surface area (Å²) in [5.41, 5.74) is 2.91. The van der Waals surface area contributed by atoms with E-state index >= 15 is 0 Å². The third-order valence-electron chi connectivity index (χ3n) is 3.21. The van der Waals surface area contributed by atoms with Crippen LogP contribution in [0.2, 0.25) is 0 Å². The Labute approximate surface area is 128 Å². The Morgan fingerprint density at radius 2 is 1.70 bits per heavy atom. The quantitative estimate of drug-likeness (QED) is 0.501. The number of nitrogens with zero attached hydrogens (tertiary/aromatic N) is 1. The minimum atomic E-state index is 0.711. The molecule has 1 heteroatoms. The Bertz CT molecular complexity index is 294. The second kappa shape index (κ2) is 13.1. The fourth-order valence-corrected chi connectivity index (χ4v) is 2.07. The molecule has 0 N–H and O–H groups in total. The Morgan fingerprint density at radius 3 is 2.05 bits per heavy atom. The Balaban J connectivity index is 0. The lowest BCUT2D eigenvalue weighted by Crippen LogP contribution is -2.10. The van der Waals surface area contributed by atoms with Crippen LogP contribution in [0.4, 0.5) is 0 Å². The van der Waals surface area contributed by atoms with Gasteiger partial charge in [0.2, 0.25) is 0 Å². The lowest BCUT2D eigenvalue weighted by Gasteiger charge is -2.20. The van der Waals surface area contributed by atoms with Gasteiger partial charge in [0, 0.05) is 11.9 Å². The largest absolute Gasteiger partial charge is 0.266 e. The van der Waals surface area contributed by atoms with Crippen LogP contribution in [0.25, 0.3) is 0 Å². The van der Waals surface area contributed by atoms with Crippen LogP contribution < -0.4 is 0 Å². The molecule has 1 aliphatic heterocycles. The first-order chi connectivity index (χ1) is 9.35. The highest BCUT2D eigenvalue weighted by molar-refractivity contribution is 5.60. The fraction of sp³-hybridized carbons (Fsp3) is 0.737. The summed E-state index contributed by atoms with van der Waals surface area (Å²) in [5.74, 6) is 2.30. The second-order valence-electron chi connectivity index (χ2n) is 6.13. The summed E-state index contributed by atoms with van der Waals surface area (Å²) in [6.07, 6.45) is 7.22. The van der Waals surface area contributed by atoms with Crippen LogP contribution in [0.3, 0.4) is 0 Å². The van der Waals surface area contributed by atoms with Gasteiger partial charge in [0.15, 0.2) is 0 Å². The van der Waals surface area contributed by atoms with E-state index in [1.54, 1.807) is 11.6 Å². The molecule has 0 fully saturated rings. The van der Waals surface area contributed by atoms with Crippen molar-refractivity contribution in [1.82, 2.24) is 0 Å². The van der Waals surface area contributed by atoms with Gasteiger partial charge < -0.3 is 0 Å². The Morgan fingerprint density at radius 1 is 1.25 bits per heavy atom. The van der Waals surface area contributed by atoms with Gasteiger partial charge in [-0.15, -0.1) is 6.58 Å². The first-order valence-electron chi connectivity index (χ1n) is 8.16. The zero-order chi connectivity index (χ0) is 16.1. The normalized spacial score (nSPS) is 21.4. The molecule has 0 bridgehead atoms. The van der Waals surface area contributed by atoms with Gasteiger partial charge in [0.1, 0.15) is 0 Å². The van der Waals surface area contributed by atoms with Gasteiger partial charge in [0.25, 0.3) is 0 Å². The molecule has 0 saturated carbocycles. The minimum absolute atomic E-state index is 0.711. The van der Waals surface area contributed by atoms with Crippen molar-refractivity contribution in [2.75, 3.05) is 0 Å². The molecule has 2 atom stereocenters. The molecular formula is C19H37N. The van der Waals surface area contributed by atoms with E-state index in [1.165, 1.54) is 5.70 Å². The zero-order valence-electron chi connectivity index (χ0n) is 15.2. The standard InChI is InChI=1S/C12H21N.C4H10.C3H6/c1-5-11-10(4)9(3)7-8-13-12(11)6-2;1-4(2)3;1-3-2/h8-10H,5-7H2,1-4H3;4H,1-3H3;3H,1H2,2H3. The SMILES string of the molecule is C=CC.CC(C)C.CCC1=C(CC)C(C)C(C)CC=N1. The van der Waals surface area contributed by atoms with Crippen molar-refractivity contribution >= 4 is 6.21 Å². The van der Waals surface area contributed by atoms with Crippen LogP contribution in [0.1, 0.15) is 74.7 Å². The average Bonchev–Trinajstić information content (AvgIpc) is 2.50. The highest BCUT2D eigenvalue weighted by atomic mass is 14.7. The lowest BCUT2D eigenvalue weighted by atomic mass is 9.85. The predicted octanol–water partition coefficient (Wildman–Crippen LogP) is 6.66. The van der Waals surface area contributed by atoms with Crippen LogP contribution in [0.15, 0.2) is 28.9 Å². The van der Waals surface area contributed by atoms with E-state index in [1.807, 2.05) is 6.92 Å². The molecule has 20 heavy (non-hydrogen) atoms. The predicted molar refractivity (Wildman–Crippen MR) is 95.4 cm³/mol. The van der Waals surface area contributed by atoms with Crippen LogP contribution in [-0.2, 0) is 0 Å². The maximum Gasteiger partial charge on any atom is 0.0391 e. The van der Waals surface area contributed by atoms with Crippen LogP contribution in [-0.4, -0.2) is 6.21 Å². The summed E-state index contributed by atoms with van der Waals surface area (Å²) < 4.78 is 0. The Hall–Kier alpha value is -0.850. The van der Waals surface area contributed by atoms with E-state index in [4.69, 9.17) is 0 Å². The smallest absolute Gasteiger partial charge is 0.0391 e. The van der Waals surface area contributed by atoms with Gasteiger partial charge in [0.05, 0.1) is 0 Å². The van der Waals surface area contributed by atoms with Gasteiger partial charge in [-0.25, -0.2) is 0 Å². The summed E-state index contributed by atoms with van der Waals surface area (Å²) in [6.45, 7) is 20.9. The number of aliphatic imine (C=N–C) groups is 1. The van der Waals surface area contributed by atoms with E-state index in [2.05, 4.69) is 66.3 Å². The van der Waals surface area contributed by atoms with Crippen molar-refractivity contribution in [3.8, 4) is 0 Å². The number of hydrogen-bond donors (Lipinski definition) is 0. The topological polar surface area (TPSA) is 12.4 Å². The molecule has 1 nitrogen and oxygen atoms in total. The maximum atomic E-state index is 4.55. The van der Waals surface area contributed by atoms with Crippen LogP contribution in [0.5, 0.6) is 0 Å². The van der Waals surface area contributed by atoms with Gasteiger partial charge in [-0.2, -0.15) is 0 Å². The molecule has 1 aliphatic rings. The third-order valence-corrected chi connectivity index (χ3v) is 3.21. The number of hydrogen-bond acceptors (Lipinski definition) is 1. The Kier molecular flexibility index (Phi) is 14.1. The van der Waals surface area contributed by atoms with Gasteiger partial charge >= 0.3 is 0 Å². The molecular weight excluding hydrogens is 242 g/mol. The third kappa shape index (κ3) is 10.00. The van der Waals surface area contributed by atoms with Crippen molar-refractivity contribution < 1.29 is 0 Å². The van der Waals surface area contributed by atoms with Crippen molar-refractivity contribution in [2.24, 2.45) is 22.7 Å². The summed E-state index contributed by atoms with van der Waals surface area (Å²) in [4.78, 5) is 4.55. The molecule has 118 valence electrons. The first-order valence-corrected chi connectivity index (χ1v) is 8.16. The molecule has 0 aromatic carbocycles. The zero-order valence-corrected chi connectivity index (χ0v) is 15.2. The van der Waals surface area contributed by atoms with Crippen molar-refractivity contribution in [2.45, 2.75) is 74.7 Å². The van der Waals surface area contributed by atoms with E-state index in [-0.39, 0.29) is 0 Å². The van der Waals surface area contributed by atoms with Crippen LogP contribution in [0, 0.1) is 17.8 Å². The summed E-state index contributed by atoms with van der Waals surface area (Å²) in [7, 11) is 0. The summed E-state index contributed by atoms with van der Waals surface area (Å²) >= 11 is 0. The highest BCUT2D eigenvalue weighted by Crippen LogP contribution is 2.31. The second-order valence-corrected chi connectivity index (χ2v) is 6.13. The van der Waals surface area contributed by atoms with E-state index in [0.717, 1.165) is 31.1 Å². The van der Waals surface area contributed by atoms with Gasteiger partial charge in [-0.05, 0) is 49.5 Å². The van der Waals surface area contributed by atoms with Crippen molar-refractivity contribution in [3.05, 3.63) is 23.9 Å². The molecule has 0 aliphatic carbocycles. The van der Waals surface area contributed by atoms with Crippen molar-refractivity contribution in [3.63, 3.8) is 0 Å². The lowest BCUT2D eigenvalue weighted by molar-refractivity contribution is 0.449. The van der Waals surface area contributed by atoms with Gasteiger partial charge in [-0.1, -0.05) is 54.5 Å². The number of allylic oxidation sites excluding steroid dienone is 3. The number of rotatable bonds is 2. The molecule has 1 rings (SSSR count). The van der Waals surface area contributed by atoms with Crippen molar-refractivity contribution in [1.29, 1.82) is 0 Å². The molecule has 2 unspecified atom stereocenters. The molecule has 1 heterocycles.